The van der Waals surface area contributed by atoms with Crippen molar-refractivity contribution < 1.29 is 14.3 Å². The van der Waals surface area contributed by atoms with E-state index in [0.29, 0.717) is 18.5 Å². The summed E-state index contributed by atoms with van der Waals surface area (Å²) in [7, 11) is 0. The maximum atomic E-state index is 12.7. The summed E-state index contributed by atoms with van der Waals surface area (Å²) in [6.07, 6.45) is -0.366. The number of hydrogen-bond acceptors (Lipinski definition) is 4. The first-order chi connectivity index (χ1) is 13.1. The van der Waals surface area contributed by atoms with Gasteiger partial charge >= 0.3 is 5.97 Å². The second-order valence-corrected chi connectivity index (χ2v) is 6.65. The van der Waals surface area contributed by atoms with Gasteiger partial charge in [0.1, 0.15) is 0 Å². The first kappa shape index (κ1) is 19.1. The van der Waals surface area contributed by atoms with Gasteiger partial charge in [0.2, 0.25) is 0 Å². The molecular formula is C22H26N2O3. The van der Waals surface area contributed by atoms with E-state index in [9.17, 15) is 9.59 Å². The summed E-state index contributed by atoms with van der Waals surface area (Å²) in [5.74, 6) is -0.675. The fraction of sp³-hybridized carbons (Fsp3) is 0.364. The zero-order valence-electron chi connectivity index (χ0n) is 15.9. The number of hydrogen-bond donors (Lipinski definition) is 1. The summed E-state index contributed by atoms with van der Waals surface area (Å²) in [4.78, 5) is 27.1. The monoisotopic (exact) mass is 366 g/mol. The van der Waals surface area contributed by atoms with E-state index in [1.807, 2.05) is 30.3 Å². The Morgan fingerprint density at radius 2 is 1.78 bits per heavy atom. The lowest BCUT2D eigenvalue weighted by molar-refractivity contribution is -0.130. The van der Waals surface area contributed by atoms with Crippen molar-refractivity contribution in [2.75, 3.05) is 19.6 Å². The van der Waals surface area contributed by atoms with Crippen LogP contribution in [0.3, 0.4) is 0 Å². The van der Waals surface area contributed by atoms with E-state index < -0.39 is 12.1 Å². The molecule has 0 aromatic heterocycles. The number of nitrogens with zero attached hydrogens (tertiary/aromatic N) is 1. The second-order valence-electron chi connectivity index (χ2n) is 6.65. The summed E-state index contributed by atoms with van der Waals surface area (Å²) < 4.78 is 5.36. The van der Waals surface area contributed by atoms with Gasteiger partial charge in [-0.3, -0.25) is 9.69 Å². The summed E-state index contributed by atoms with van der Waals surface area (Å²) in [6, 6.07) is 17.5. The Balaban J connectivity index is 1.69. The Hall–Kier alpha value is -2.66. The van der Waals surface area contributed by atoms with Crippen LogP contribution >= 0.6 is 0 Å². The number of cyclic esters (lactones) is 1. The fourth-order valence-corrected chi connectivity index (χ4v) is 3.59. The summed E-state index contributed by atoms with van der Waals surface area (Å²) in [6.45, 7) is 6.47. The molecule has 0 fully saturated rings. The minimum Gasteiger partial charge on any atom is -0.448 e. The predicted molar refractivity (Wildman–Crippen MR) is 104 cm³/mol. The Kier molecular flexibility index (Phi) is 6.24. The maximum absolute atomic E-state index is 12.7. The highest BCUT2D eigenvalue weighted by atomic mass is 16.5. The number of amides is 1. The van der Waals surface area contributed by atoms with Gasteiger partial charge in [0.15, 0.2) is 6.10 Å². The van der Waals surface area contributed by atoms with Crippen LogP contribution in [0.5, 0.6) is 0 Å². The van der Waals surface area contributed by atoms with E-state index in [2.05, 4.69) is 36.2 Å². The number of fused-ring (bicyclic) bond motifs is 1. The highest BCUT2D eigenvalue weighted by Gasteiger charge is 2.31. The van der Waals surface area contributed by atoms with Gasteiger partial charge in [-0.2, -0.15) is 0 Å². The number of ether oxygens (including phenoxy) is 1. The molecule has 1 N–H and O–H groups in total. The third-order valence-electron chi connectivity index (χ3n) is 5.09. The molecule has 2 atom stereocenters. The number of nitrogens with one attached hydrogen (secondary N) is 1. The van der Waals surface area contributed by atoms with E-state index in [4.69, 9.17) is 4.74 Å². The summed E-state index contributed by atoms with van der Waals surface area (Å²) >= 11 is 0. The molecule has 0 bridgehead atoms. The number of esters is 1. The minimum atomic E-state index is -0.777. The molecule has 1 amide bonds. The standard InChI is InChI=1S/C22H26N2O3/c1-3-24(4-2)19(16-10-6-5-7-11-16)15-23-21(25)20-14-17-12-8-9-13-18(17)22(26)27-20/h5-13,19-20H,3-4,14-15H2,1-2H3,(H,23,25). The molecule has 142 valence electrons. The van der Waals surface area contributed by atoms with E-state index in [-0.39, 0.29) is 11.9 Å². The third kappa shape index (κ3) is 4.37. The predicted octanol–water partition coefficient (Wildman–Crippen LogP) is 2.97. The Morgan fingerprint density at radius 3 is 2.48 bits per heavy atom. The van der Waals surface area contributed by atoms with Gasteiger partial charge in [0.25, 0.3) is 5.91 Å². The van der Waals surface area contributed by atoms with Gasteiger partial charge in [-0.15, -0.1) is 0 Å². The van der Waals surface area contributed by atoms with Crippen molar-refractivity contribution in [3.63, 3.8) is 0 Å². The summed E-state index contributed by atoms with van der Waals surface area (Å²) in [5.41, 5.74) is 2.57. The van der Waals surface area contributed by atoms with Crippen LogP contribution in [0.4, 0.5) is 0 Å². The molecule has 27 heavy (non-hydrogen) atoms. The SMILES string of the molecule is CCN(CC)C(CNC(=O)C1Cc2ccccc2C(=O)O1)c1ccccc1. The van der Waals surface area contributed by atoms with Crippen LogP contribution in [0.2, 0.25) is 0 Å². The van der Waals surface area contributed by atoms with Gasteiger partial charge in [0, 0.05) is 13.0 Å². The first-order valence-corrected chi connectivity index (χ1v) is 9.49. The molecule has 2 aromatic carbocycles. The van der Waals surface area contributed by atoms with Crippen LogP contribution in [-0.4, -0.2) is 42.5 Å². The molecule has 2 aromatic rings. The van der Waals surface area contributed by atoms with Crippen molar-refractivity contribution in [3.8, 4) is 0 Å². The van der Waals surface area contributed by atoms with Crippen molar-refractivity contribution in [2.24, 2.45) is 0 Å². The van der Waals surface area contributed by atoms with Crippen LogP contribution in [0, 0.1) is 0 Å². The molecule has 3 rings (SSSR count). The Labute approximate surface area is 160 Å². The average Bonchev–Trinajstić information content (AvgIpc) is 2.71. The van der Waals surface area contributed by atoms with Crippen LogP contribution in [0.15, 0.2) is 54.6 Å². The quantitative estimate of drug-likeness (QED) is 0.766. The number of carbonyl (C=O) groups excluding carboxylic acids is 2. The van der Waals surface area contributed by atoms with Gasteiger partial charge in [-0.05, 0) is 30.3 Å². The van der Waals surface area contributed by atoms with Crippen molar-refractivity contribution >= 4 is 11.9 Å². The van der Waals surface area contributed by atoms with Gasteiger partial charge in [-0.25, -0.2) is 4.79 Å². The topological polar surface area (TPSA) is 58.6 Å². The lowest BCUT2D eigenvalue weighted by Crippen LogP contribution is -2.45. The zero-order chi connectivity index (χ0) is 19.2. The normalized spacial score (nSPS) is 17.1. The largest absolute Gasteiger partial charge is 0.448 e. The van der Waals surface area contributed by atoms with Crippen LogP contribution in [0.25, 0.3) is 0 Å². The molecule has 0 saturated carbocycles. The van der Waals surface area contributed by atoms with Gasteiger partial charge in [-0.1, -0.05) is 62.4 Å². The molecule has 5 nitrogen and oxygen atoms in total. The zero-order valence-corrected chi connectivity index (χ0v) is 15.9. The molecule has 1 aliphatic rings. The fourth-order valence-electron chi connectivity index (χ4n) is 3.59. The Bertz CT molecular complexity index is 787. The van der Waals surface area contributed by atoms with Crippen molar-refractivity contribution in [1.29, 1.82) is 0 Å². The minimum absolute atomic E-state index is 0.0803. The molecule has 2 unspecified atom stereocenters. The van der Waals surface area contributed by atoms with E-state index in [1.165, 1.54) is 0 Å². The number of benzene rings is 2. The second kappa shape index (κ2) is 8.82. The number of rotatable bonds is 7. The molecular weight excluding hydrogens is 340 g/mol. The lowest BCUT2D eigenvalue weighted by Gasteiger charge is -2.31. The molecule has 1 heterocycles. The van der Waals surface area contributed by atoms with E-state index in [1.54, 1.807) is 12.1 Å². The van der Waals surface area contributed by atoms with Crippen molar-refractivity contribution in [1.82, 2.24) is 10.2 Å². The van der Waals surface area contributed by atoms with E-state index >= 15 is 0 Å². The van der Waals surface area contributed by atoms with Crippen LogP contribution in [0.1, 0.15) is 41.4 Å². The molecule has 0 saturated heterocycles. The molecule has 0 radical (unpaired) electrons. The molecule has 1 aliphatic heterocycles. The van der Waals surface area contributed by atoms with Crippen molar-refractivity contribution in [3.05, 3.63) is 71.3 Å². The first-order valence-electron chi connectivity index (χ1n) is 9.49. The maximum Gasteiger partial charge on any atom is 0.339 e. The highest BCUT2D eigenvalue weighted by molar-refractivity contribution is 5.95. The number of likely N-dealkylation sites (N-methyl/N-ethyl adjacent to an activating group) is 1. The molecule has 0 spiro atoms. The van der Waals surface area contributed by atoms with Crippen LogP contribution in [-0.2, 0) is 16.0 Å². The third-order valence-corrected chi connectivity index (χ3v) is 5.09. The summed E-state index contributed by atoms with van der Waals surface area (Å²) in [5, 5.41) is 2.99. The Morgan fingerprint density at radius 1 is 1.11 bits per heavy atom. The lowest BCUT2D eigenvalue weighted by atomic mass is 9.98. The molecule has 5 heteroatoms. The molecule has 0 aliphatic carbocycles. The van der Waals surface area contributed by atoms with Gasteiger partial charge < -0.3 is 10.1 Å². The van der Waals surface area contributed by atoms with Gasteiger partial charge in [0.05, 0.1) is 11.6 Å². The smallest absolute Gasteiger partial charge is 0.339 e. The van der Waals surface area contributed by atoms with Crippen molar-refractivity contribution in [2.45, 2.75) is 32.4 Å². The number of carbonyl (C=O) groups is 2. The average molecular weight is 366 g/mol. The van der Waals surface area contributed by atoms with E-state index in [0.717, 1.165) is 24.2 Å². The van der Waals surface area contributed by atoms with Crippen LogP contribution < -0.4 is 5.32 Å². The highest BCUT2D eigenvalue weighted by Crippen LogP contribution is 2.22.